The number of aldehydes is 1. The van der Waals surface area contributed by atoms with Crippen LogP contribution in [-0.4, -0.2) is 20.5 Å². The molecule has 80 valence electrons. The molecular weight excluding hydrogens is 192 g/mol. The van der Waals surface area contributed by atoms with Crippen LogP contribution in [0.25, 0.3) is 0 Å². The summed E-state index contributed by atoms with van der Waals surface area (Å²) in [5, 5.41) is 0. The van der Waals surface area contributed by atoms with Crippen molar-refractivity contribution in [2.45, 2.75) is 12.8 Å². The fourth-order valence-electron chi connectivity index (χ4n) is 2.17. The van der Waals surface area contributed by atoms with E-state index in [1.165, 1.54) is 0 Å². The highest BCUT2D eigenvalue weighted by Gasteiger charge is 2.27. The summed E-state index contributed by atoms with van der Waals surface area (Å²) >= 11 is 0. The van der Waals surface area contributed by atoms with Gasteiger partial charge in [-0.25, -0.2) is 0 Å². The van der Waals surface area contributed by atoms with Crippen molar-refractivity contribution >= 4 is 6.29 Å². The summed E-state index contributed by atoms with van der Waals surface area (Å²) in [4.78, 5) is 10.8. The topological polar surface area (TPSA) is 35.5 Å². The Hall–Kier alpha value is -1.51. The Balaban J connectivity index is 2.47. The quantitative estimate of drug-likeness (QED) is 0.705. The minimum Gasteiger partial charge on any atom is -0.496 e. The molecule has 0 aromatic heterocycles. The van der Waals surface area contributed by atoms with Crippen molar-refractivity contribution < 1.29 is 14.3 Å². The van der Waals surface area contributed by atoms with E-state index in [1.807, 2.05) is 12.1 Å². The van der Waals surface area contributed by atoms with Gasteiger partial charge in [0.05, 0.1) is 14.2 Å². The zero-order chi connectivity index (χ0) is 10.8. The van der Waals surface area contributed by atoms with Crippen LogP contribution in [0.4, 0.5) is 0 Å². The minimum absolute atomic E-state index is 0.0743. The average Bonchev–Trinajstić information content (AvgIpc) is 2.71. The van der Waals surface area contributed by atoms with Crippen LogP contribution in [0.2, 0.25) is 0 Å². The summed E-state index contributed by atoms with van der Waals surface area (Å²) < 4.78 is 10.6. The molecule has 0 N–H and O–H groups in total. The molecule has 0 fully saturated rings. The molecule has 1 aromatic rings. The fraction of sp³-hybridized carbons (Fsp3) is 0.417. The number of hydrogen-bond donors (Lipinski definition) is 0. The molecule has 0 aliphatic heterocycles. The lowest BCUT2D eigenvalue weighted by atomic mass is 10.1. The van der Waals surface area contributed by atoms with Crippen LogP contribution in [0.3, 0.4) is 0 Å². The maximum absolute atomic E-state index is 10.8. The molecule has 0 saturated carbocycles. The molecule has 0 heterocycles. The van der Waals surface area contributed by atoms with Crippen molar-refractivity contribution in [3.05, 3.63) is 23.3 Å². The zero-order valence-corrected chi connectivity index (χ0v) is 8.95. The summed E-state index contributed by atoms with van der Waals surface area (Å²) in [6.07, 6.45) is 2.54. The molecular formula is C12H14O3. The van der Waals surface area contributed by atoms with Gasteiger partial charge in [0.1, 0.15) is 17.8 Å². The van der Waals surface area contributed by atoms with Gasteiger partial charge in [-0.15, -0.1) is 0 Å². The van der Waals surface area contributed by atoms with E-state index in [1.54, 1.807) is 14.2 Å². The minimum atomic E-state index is 0.0743. The Morgan fingerprint density at radius 3 is 1.93 bits per heavy atom. The molecule has 0 bridgehead atoms. The number of carbonyl (C=O) groups excluding carboxylic acids is 1. The number of hydrogen-bond acceptors (Lipinski definition) is 3. The molecule has 3 nitrogen and oxygen atoms in total. The van der Waals surface area contributed by atoms with Gasteiger partial charge in [0.15, 0.2) is 0 Å². The molecule has 3 heteroatoms. The lowest BCUT2D eigenvalue weighted by Gasteiger charge is -2.10. The van der Waals surface area contributed by atoms with Crippen LogP contribution in [0, 0.1) is 5.92 Å². The lowest BCUT2D eigenvalue weighted by Crippen LogP contribution is -1.99. The van der Waals surface area contributed by atoms with Gasteiger partial charge in [-0.05, 0) is 25.0 Å². The maximum atomic E-state index is 10.8. The molecule has 0 radical (unpaired) electrons. The van der Waals surface area contributed by atoms with Crippen molar-refractivity contribution in [3.63, 3.8) is 0 Å². The lowest BCUT2D eigenvalue weighted by molar-refractivity contribution is -0.110. The smallest absolute Gasteiger partial charge is 0.123 e. The third kappa shape index (κ3) is 1.58. The highest BCUT2D eigenvalue weighted by molar-refractivity contribution is 5.62. The Morgan fingerprint density at radius 1 is 1.13 bits per heavy atom. The molecule has 1 aromatic carbocycles. The Labute approximate surface area is 89.0 Å². The number of benzene rings is 1. The molecule has 0 spiro atoms. The normalized spacial score (nSPS) is 14.8. The summed E-state index contributed by atoms with van der Waals surface area (Å²) in [6.45, 7) is 0. The first-order chi connectivity index (χ1) is 7.30. The van der Waals surface area contributed by atoms with Crippen LogP contribution in [0.5, 0.6) is 11.5 Å². The summed E-state index contributed by atoms with van der Waals surface area (Å²) in [5.41, 5.74) is 2.24. The van der Waals surface area contributed by atoms with Crippen LogP contribution < -0.4 is 9.47 Å². The van der Waals surface area contributed by atoms with Crippen molar-refractivity contribution in [2.75, 3.05) is 14.2 Å². The van der Waals surface area contributed by atoms with Crippen molar-refractivity contribution in [1.29, 1.82) is 0 Å². The van der Waals surface area contributed by atoms with E-state index in [4.69, 9.17) is 9.47 Å². The molecule has 1 aliphatic rings. The number of carbonyl (C=O) groups is 1. The van der Waals surface area contributed by atoms with E-state index in [2.05, 4.69) is 0 Å². The number of methoxy groups -OCH3 is 2. The molecule has 0 atom stereocenters. The van der Waals surface area contributed by atoms with Gasteiger partial charge in [0, 0.05) is 17.0 Å². The fourth-order valence-corrected chi connectivity index (χ4v) is 2.17. The predicted molar refractivity (Wildman–Crippen MR) is 56.5 cm³/mol. The second-order valence-electron chi connectivity index (χ2n) is 3.73. The van der Waals surface area contributed by atoms with Crippen molar-refractivity contribution in [2.24, 2.45) is 5.92 Å². The molecule has 0 saturated heterocycles. The predicted octanol–water partition coefficient (Wildman–Crippen LogP) is 1.62. The van der Waals surface area contributed by atoms with Crippen LogP contribution in [-0.2, 0) is 17.6 Å². The molecule has 0 unspecified atom stereocenters. The van der Waals surface area contributed by atoms with E-state index in [9.17, 15) is 4.79 Å². The Morgan fingerprint density at radius 2 is 1.60 bits per heavy atom. The van der Waals surface area contributed by atoms with Crippen molar-refractivity contribution in [1.82, 2.24) is 0 Å². The van der Waals surface area contributed by atoms with Crippen LogP contribution in [0.15, 0.2) is 12.1 Å². The van der Waals surface area contributed by atoms with E-state index in [0.717, 1.165) is 41.8 Å². The highest BCUT2D eigenvalue weighted by atomic mass is 16.5. The van der Waals surface area contributed by atoms with E-state index < -0.39 is 0 Å². The second kappa shape index (κ2) is 3.93. The molecule has 2 rings (SSSR count). The Bertz CT molecular complexity index is 352. The van der Waals surface area contributed by atoms with E-state index >= 15 is 0 Å². The summed E-state index contributed by atoms with van der Waals surface area (Å²) in [7, 11) is 3.30. The average molecular weight is 206 g/mol. The molecule has 1 aliphatic carbocycles. The second-order valence-corrected chi connectivity index (χ2v) is 3.73. The first-order valence-electron chi connectivity index (χ1n) is 4.98. The van der Waals surface area contributed by atoms with Crippen LogP contribution in [0.1, 0.15) is 11.1 Å². The zero-order valence-electron chi connectivity index (χ0n) is 8.95. The number of ether oxygens (including phenoxy) is 2. The van der Waals surface area contributed by atoms with Gasteiger partial charge in [-0.2, -0.15) is 0 Å². The molecule has 0 amide bonds. The van der Waals surface area contributed by atoms with Gasteiger partial charge >= 0.3 is 0 Å². The standard InChI is InChI=1S/C12H14O3/c1-14-11-3-4-12(15-2)10-6-8(7-13)5-9(10)11/h3-4,7-8H,5-6H2,1-2H3. The van der Waals surface area contributed by atoms with Gasteiger partial charge in [-0.1, -0.05) is 0 Å². The summed E-state index contributed by atoms with van der Waals surface area (Å²) in [5.74, 6) is 1.79. The first-order valence-corrected chi connectivity index (χ1v) is 4.98. The van der Waals surface area contributed by atoms with Crippen LogP contribution >= 0.6 is 0 Å². The SMILES string of the molecule is COc1ccc(OC)c2c1CC(C=O)C2. The van der Waals surface area contributed by atoms with Gasteiger partial charge < -0.3 is 14.3 Å². The highest BCUT2D eigenvalue weighted by Crippen LogP contribution is 2.38. The monoisotopic (exact) mass is 206 g/mol. The van der Waals surface area contributed by atoms with Crippen molar-refractivity contribution in [3.8, 4) is 11.5 Å². The molecule has 15 heavy (non-hydrogen) atoms. The summed E-state index contributed by atoms with van der Waals surface area (Å²) in [6, 6.07) is 3.79. The van der Waals surface area contributed by atoms with Gasteiger partial charge in [0.25, 0.3) is 0 Å². The maximum Gasteiger partial charge on any atom is 0.123 e. The Kier molecular flexibility index (Phi) is 2.62. The van der Waals surface area contributed by atoms with E-state index in [0.29, 0.717) is 0 Å². The largest absolute Gasteiger partial charge is 0.496 e. The third-order valence-electron chi connectivity index (χ3n) is 2.91. The van der Waals surface area contributed by atoms with E-state index in [-0.39, 0.29) is 5.92 Å². The van der Waals surface area contributed by atoms with Gasteiger partial charge in [-0.3, -0.25) is 0 Å². The number of rotatable bonds is 3. The van der Waals surface area contributed by atoms with Gasteiger partial charge in [0.2, 0.25) is 0 Å². The number of fused-ring (bicyclic) bond motifs is 1. The first kappa shape index (κ1) is 10.0. The third-order valence-corrected chi connectivity index (χ3v) is 2.91.